The highest BCUT2D eigenvalue weighted by Gasteiger charge is 2.09. The molecular weight excluding hydrogens is 311 g/mol. The fourth-order valence-electron chi connectivity index (χ4n) is 1.99. The second kappa shape index (κ2) is 6.98. The molecule has 1 aromatic heterocycles. The number of nitrogens with one attached hydrogen (secondary N) is 1. The number of carbonyl (C=O) groups excluding carboxylic acids is 1. The number of hydrazone groups is 1. The summed E-state index contributed by atoms with van der Waals surface area (Å²) in [5.74, 6) is -0.547. The number of carbonyl (C=O) groups is 1. The molecule has 0 radical (unpaired) electrons. The van der Waals surface area contributed by atoms with Gasteiger partial charge in [-0.2, -0.15) is 5.10 Å². The lowest BCUT2D eigenvalue weighted by Crippen LogP contribution is -2.16. The van der Waals surface area contributed by atoms with E-state index in [4.69, 9.17) is 0 Å². The standard InChI is InChI=1S/C18H13FN2OS/c19-15-8-6-14(7-9-15)16-10-11-17(23-16)18(22)21-20-12-13-4-2-1-3-5-13/h1-12H,(H,21,22)/b20-12-. The highest BCUT2D eigenvalue weighted by molar-refractivity contribution is 7.17. The fraction of sp³-hybridized carbons (Fsp3) is 0. The van der Waals surface area contributed by atoms with Crippen molar-refractivity contribution in [3.8, 4) is 10.4 Å². The number of nitrogens with zero attached hydrogens (tertiary/aromatic N) is 1. The molecule has 1 N–H and O–H groups in total. The van der Waals surface area contributed by atoms with Crippen molar-refractivity contribution in [3.63, 3.8) is 0 Å². The average Bonchev–Trinajstić information content (AvgIpc) is 3.06. The maximum atomic E-state index is 12.9. The van der Waals surface area contributed by atoms with E-state index in [-0.39, 0.29) is 11.7 Å². The lowest BCUT2D eigenvalue weighted by Gasteiger charge is -1.97. The molecule has 3 nitrogen and oxygen atoms in total. The monoisotopic (exact) mass is 324 g/mol. The number of thiophene rings is 1. The van der Waals surface area contributed by atoms with Gasteiger partial charge in [-0.05, 0) is 35.4 Å². The molecule has 0 unspecified atom stereocenters. The summed E-state index contributed by atoms with van der Waals surface area (Å²) in [6, 6.07) is 19.3. The molecule has 1 amide bonds. The number of benzene rings is 2. The summed E-state index contributed by atoms with van der Waals surface area (Å²) in [6.07, 6.45) is 1.59. The van der Waals surface area contributed by atoms with E-state index in [0.29, 0.717) is 4.88 Å². The Balaban J connectivity index is 1.67. The molecule has 0 aliphatic rings. The molecule has 0 saturated heterocycles. The van der Waals surface area contributed by atoms with Gasteiger partial charge in [0, 0.05) is 4.88 Å². The Bertz CT molecular complexity index is 826. The van der Waals surface area contributed by atoms with E-state index in [1.807, 2.05) is 36.4 Å². The van der Waals surface area contributed by atoms with E-state index in [9.17, 15) is 9.18 Å². The normalized spacial score (nSPS) is 10.8. The zero-order chi connectivity index (χ0) is 16.1. The van der Waals surface area contributed by atoms with Gasteiger partial charge in [0.05, 0.1) is 11.1 Å². The van der Waals surface area contributed by atoms with Crippen LogP contribution < -0.4 is 5.43 Å². The fourth-order valence-corrected chi connectivity index (χ4v) is 2.89. The first-order chi connectivity index (χ1) is 11.2. The van der Waals surface area contributed by atoms with Crippen molar-refractivity contribution in [2.24, 2.45) is 5.10 Å². The summed E-state index contributed by atoms with van der Waals surface area (Å²) in [6.45, 7) is 0. The van der Waals surface area contributed by atoms with Crippen LogP contribution in [0.5, 0.6) is 0 Å². The lowest BCUT2D eigenvalue weighted by atomic mass is 10.2. The van der Waals surface area contributed by atoms with Crippen LogP contribution in [0.3, 0.4) is 0 Å². The Morgan fingerprint density at radius 2 is 1.74 bits per heavy atom. The molecule has 0 aliphatic carbocycles. The van der Waals surface area contributed by atoms with Crippen LogP contribution in [0.25, 0.3) is 10.4 Å². The van der Waals surface area contributed by atoms with Crippen molar-refractivity contribution >= 4 is 23.5 Å². The topological polar surface area (TPSA) is 41.5 Å². The molecule has 3 aromatic rings. The van der Waals surface area contributed by atoms with E-state index >= 15 is 0 Å². The highest BCUT2D eigenvalue weighted by Crippen LogP contribution is 2.28. The molecule has 0 atom stereocenters. The smallest absolute Gasteiger partial charge is 0.266 e. The number of halogens is 1. The maximum Gasteiger partial charge on any atom is 0.281 e. The summed E-state index contributed by atoms with van der Waals surface area (Å²) >= 11 is 1.34. The van der Waals surface area contributed by atoms with Crippen LogP contribution in [-0.2, 0) is 0 Å². The summed E-state index contributed by atoms with van der Waals surface area (Å²) in [5.41, 5.74) is 4.29. The number of rotatable bonds is 4. The van der Waals surface area contributed by atoms with Crippen LogP contribution in [0, 0.1) is 5.82 Å². The van der Waals surface area contributed by atoms with E-state index in [2.05, 4.69) is 10.5 Å². The molecule has 2 aromatic carbocycles. The molecule has 0 fully saturated rings. The van der Waals surface area contributed by atoms with Gasteiger partial charge in [0.2, 0.25) is 0 Å². The lowest BCUT2D eigenvalue weighted by molar-refractivity contribution is 0.0959. The van der Waals surface area contributed by atoms with Crippen LogP contribution in [0.15, 0.2) is 71.8 Å². The first kappa shape index (κ1) is 15.1. The van der Waals surface area contributed by atoms with Crippen LogP contribution in [-0.4, -0.2) is 12.1 Å². The average molecular weight is 324 g/mol. The minimum Gasteiger partial charge on any atom is -0.266 e. The van der Waals surface area contributed by atoms with E-state index in [1.54, 1.807) is 24.4 Å². The quantitative estimate of drug-likeness (QED) is 0.563. The third kappa shape index (κ3) is 3.90. The van der Waals surface area contributed by atoms with Gasteiger partial charge in [-0.3, -0.25) is 4.79 Å². The third-order valence-electron chi connectivity index (χ3n) is 3.14. The van der Waals surface area contributed by atoms with Gasteiger partial charge in [-0.25, -0.2) is 9.82 Å². The van der Waals surface area contributed by atoms with Crippen molar-refractivity contribution < 1.29 is 9.18 Å². The van der Waals surface area contributed by atoms with E-state index in [1.165, 1.54) is 23.5 Å². The minimum atomic E-state index is -0.279. The van der Waals surface area contributed by atoms with Crippen molar-refractivity contribution in [2.75, 3.05) is 0 Å². The molecule has 0 aliphatic heterocycles. The molecule has 0 saturated carbocycles. The van der Waals surface area contributed by atoms with Crippen LogP contribution >= 0.6 is 11.3 Å². The predicted molar refractivity (Wildman–Crippen MR) is 91.2 cm³/mol. The molecule has 5 heteroatoms. The van der Waals surface area contributed by atoms with Crippen molar-refractivity contribution in [3.05, 3.63) is 83.0 Å². The Labute approximate surface area is 137 Å². The van der Waals surface area contributed by atoms with Gasteiger partial charge < -0.3 is 0 Å². The SMILES string of the molecule is O=C(N/N=C\c1ccccc1)c1ccc(-c2ccc(F)cc2)s1. The van der Waals surface area contributed by atoms with Gasteiger partial charge in [0.1, 0.15) is 5.82 Å². The van der Waals surface area contributed by atoms with Gasteiger partial charge in [-0.1, -0.05) is 42.5 Å². The first-order valence-corrected chi connectivity index (χ1v) is 7.78. The Morgan fingerprint density at radius 3 is 2.48 bits per heavy atom. The van der Waals surface area contributed by atoms with Gasteiger partial charge >= 0.3 is 0 Å². The first-order valence-electron chi connectivity index (χ1n) is 6.96. The summed E-state index contributed by atoms with van der Waals surface area (Å²) in [5, 5.41) is 3.94. The van der Waals surface area contributed by atoms with Crippen molar-refractivity contribution in [1.82, 2.24) is 5.43 Å². The van der Waals surface area contributed by atoms with E-state index in [0.717, 1.165) is 16.0 Å². The van der Waals surface area contributed by atoms with Crippen molar-refractivity contribution in [2.45, 2.75) is 0 Å². The molecule has 3 rings (SSSR count). The van der Waals surface area contributed by atoms with Crippen LogP contribution in [0.4, 0.5) is 4.39 Å². The Kier molecular flexibility index (Phi) is 4.59. The molecule has 114 valence electrons. The summed E-state index contributed by atoms with van der Waals surface area (Å²) in [4.78, 5) is 13.5. The molecule has 23 heavy (non-hydrogen) atoms. The molecule has 0 spiro atoms. The number of amides is 1. The Morgan fingerprint density at radius 1 is 1.00 bits per heavy atom. The molecular formula is C18H13FN2OS. The number of hydrogen-bond donors (Lipinski definition) is 1. The van der Waals surface area contributed by atoms with Gasteiger partial charge in [-0.15, -0.1) is 11.3 Å². The van der Waals surface area contributed by atoms with E-state index < -0.39 is 0 Å². The third-order valence-corrected chi connectivity index (χ3v) is 4.27. The van der Waals surface area contributed by atoms with Crippen molar-refractivity contribution in [1.29, 1.82) is 0 Å². The minimum absolute atomic E-state index is 0.268. The largest absolute Gasteiger partial charge is 0.281 e. The zero-order valence-electron chi connectivity index (χ0n) is 12.1. The van der Waals surface area contributed by atoms with Gasteiger partial charge in [0.25, 0.3) is 5.91 Å². The second-order valence-corrected chi connectivity index (χ2v) is 5.86. The van der Waals surface area contributed by atoms with Crippen LogP contribution in [0.1, 0.15) is 15.2 Å². The maximum absolute atomic E-state index is 12.9. The van der Waals surface area contributed by atoms with Crippen LogP contribution in [0.2, 0.25) is 0 Å². The van der Waals surface area contributed by atoms with Gasteiger partial charge in [0.15, 0.2) is 0 Å². The number of hydrogen-bond acceptors (Lipinski definition) is 3. The summed E-state index contributed by atoms with van der Waals surface area (Å²) < 4.78 is 12.9. The zero-order valence-corrected chi connectivity index (χ0v) is 12.9. The Hall–Kier alpha value is -2.79. The second-order valence-electron chi connectivity index (χ2n) is 4.78. The summed E-state index contributed by atoms with van der Waals surface area (Å²) in [7, 11) is 0. The molecule has 0 bridgehead atoms. The predicted octanol–water partition coefficient (Wildman–Crippen LogP) is 4.32. The highest BCUT2D eigenvalue weighted by atomic mass is 32.1. The molecule has 1 heterocycles.